The standard InChI is InChI=1S/C19H27NO2/c1-3-21-18-12-15-9-10-20-17(11-14-7-5-6-8-14)16(15)13-19(18)22-4-2/h5,7,12-14,17,20H,3-4,6,8-11H2,1-2H3. The first kappa shape index (κ1) is 15.4. The van der Waals surface area contributed by atoms with Gasteiger partial charge in [-0.2, -0.15) is 0 Å². The van der Waals surface area contributed by atoms with Crippen molar-refractivity contribution in [3.8, 4) is 11.5 Å². The molecule has 1 aromatic rings. The molecule has 1 aliphatic carbocycles. The van der Waals surface area contributed by atoms with Crippen molar-refractivity contribution in [1.82, 2.24) is 5.32 Å². The van der Waals surface area contributed by atoms with Gasteiger partial charge in [-0.3, -0.25) is 0 Å². The first-order valence-electron chi connectivity index (χ1n) is 8.64. The average molecular weight is 301 g/mol. The molecule has 0 saturated carbocycles. The molecule has 3 rings (SSSR count). The summed E-state index contributed by atoms with van der Waals surface area (Å²) in [5, 5.41) is 3.69. The summed E-state index contributed by atoms with van der Waals surface area (Å²) in [6.45, 7) is 6.43. The summed E-state index contributed by atoms with van der Waals surface area (Å²) in [6.07, 6.45) is 9.48. The predicted molar refractivity (Wildman–Crippen MR) is 89.7 cm³/mol. The van der Waals surface area contributed by atoms with Crippen LogP contribution in [0.2, 0.25) is 0 Å². The first-order valence-corrected chi connectivity index (χ1v) is 8.64. The van der Waals surface area contributed by atoms with Crippen LogP contribution in [0.5, 0.6) is 11.5 Å². The van der Waals surface area contributed by atoms with Gasteiger partial charge in [-0.05, 0) is 75.3 Å². The number of hydrogen-bond donors (Lipinski definition) is 1. The monoisotopic (exact) mass is 301 g/mol. The molecule has 2 unspecified atom stereocenters. The average Bonchev–Trinajstić information content (AvgIpc) is 3.02. The molecule has 0 fully saturated rings. The zero-order valence-corrected chi connectivity index (χ0v) is 13.7. The summed E-state index contributed by atoms with van der Waals surface area (Å²) in [6, 6.07) is 4.84. The molecule has 120 valence electrons. The maximum Gasteiger partial charge on any atom is 0.161 e. The van der Waals surface area contributed by atoms with Gasteiger partial charge in [0.25, 0.3) is 0 Å². The predicted octanol–water partition coefficient (Wildman–Crippen LogP) is 4.03. The van der Waals surface area contributed by atoms with E-state index in [4.69, 9.17) is 9.47 Å². The Bertz CT molecular complexity index is 538. The number of rotatable bonds is 6. The molecule has 2 aliphatic rings. The summed E-state index contributed by atoms with van der Waals surface area (Å²) in [7, 11) is 0. The SMILES string of the molecule is CCOc1cc2c(cc1OCC)C(CC1C=CCC1)NCC2. The van der Waals surface area contributed by atoms with Crippen LogP contribution in [0.25, 0.3) is 0 Å². The molecular weight excluding hydrogens is 274 g/mol. The van der Waals surface area contributed by atoms with Crippen LogP contribution in [0, 0.1) is 5.92 Å². The van der Waals surface area contributed by atoms with Crippen molar-refractivity contribution < 1.29 is 9.47 Å². The third kappa shape index (κ3) is 3.30. The van der Waals surface area contributed by atoms with Crippen molar-refractivity contribution in [2.75, 3.05) is 19.8 Å². The Morgan fingerprint density at radius 3 is 2.59 bits per heavy atom. The lowest BCUT2D eigenvalue weighted by molar-refractivity contribution is 0.285. The van der Waals surface area contributed by atoms with Crippen LogP contribution in [0.15, 0.2) is 24.3 Å². The van der Waals surface area contributed by atoms with E-state index in [-0.39, 0.29) is 0 Å². The summed E-state index contributed by atoms with van der Waals surface area (Å²) in [4.78, 5) is 0. The molecular formula is C19H27NO2. The lowest BCUT2D eigenvalue weighted by Crippen LogP contribution is -2.31. The van der Waals surface area contributed by atoms with Crippen LogP contribution in [0.3, 0.4) is 0 Å². The molecule has 1 N–H and O–H groups in total. The Hall–Kier alpha value is -1.48. The molecule has 3 nitrogen and oxygen atoms in total. The van der Waals surface area contributed by atoms with E-state index in [0.29, 0.717) is 25.2 Å². The van der Waals surface area contributed by atoms with Gasteiger partial charge in [-0.15, -0.1) is 0 Å². The van der Waals surface area contributed by atoms with E-state index >= 15 is 0 Å². The molecule has 0 spiro atoms. The van der Waals surface area contributed by atoms with Gasteiger partial charge in [0.05, 0.1) is 13.2 Å². The van der Waals surface area contributed by atoms with Crippen molar-refractivity contribution in [3.05, 3.63) is 35.4 Å². The number of nitrogens with one attached hydrogen (secondary N) is 1. The van der Waals surface area contributed by atoms with Gasteiger partial charge in [-0.25, -0.2) is 0 Å². The topological polar surface area (TPSA) is 30.5 Å². The second-order valence-corrected chi connectivity index (χ2v) is 6.12. The minimum absolute atomic E-state index is 0.436. The molecule has 1 heterocycles. The van der Waals surface area contributed by atoms with E-state index in [1.807, 2.05) is 13.8 Å². The summed E-state index contributed by atoms with van der Waals surface area (Å²) >= 11 is 0. The summed E-state index contributed by atoms with van der Waals surface area (Å²) in [5.41, 5.74) is 2.82. The van der Waals surface area contributed by atoms with Crippen molar-refractivity contribution in [3.63, 3.8) is 0 Å². The Kier molecular flexibility index (Phi) is 5.04. The van der Waals surface area contributed by atoms with E-state index in [2.05, 4.69) is 29.6 Å². The molecule has 1 aromatic carbocycles. The minimum Gasteiger partial charge on any atom is -0.490 e. The highest BCUT2D eigenvalue weighted by atomic mass is 16.5. The zero-order chi connectivity index (χ0) is 15.4. The second kappa shape index (κ2) is 7.19. The van der Waals surface area contributed by atoms with Gasteiger partial charge >= 0.3 is 0 Å². The summed E-state index contributed by atoms with van der Waals surface area (Å²) < 4.78 is 11.6. The molecule has 22 heavy (non-hydrogen) atoms. The lowest BCUT2D eigenvalue weighted by Gasteiger charge is -2.30. The number of fused-ring (bicyclic) bond motifs is 1. The van der Waals surface area contributed by atoms with Crippen LogP contribution >= 0.6 is 0 Å². The fourth-order valence-corrected chi connectivity index (χ4v) is 3.59. The molecule has 0 saturated heterocycles. The van der Waals surface area contributed by atoms with Crippen LogP contribution < -0.4 is 14.8 Å². The van der Waals surface area contributed by atoms with Crippen LogP contribution in [-0.2, 0) is 6.42 Å². The van der Waals surface area contributed by atoms with Gasteiger partial charge in [0.15, 0.2) is 11.5 Å². The number of allylic oxidation sites excluding steroid dienone is 2. The maximum atomic E-state index is 5.81. The minimum atomic E-state index is 0.436. The van der Waals surface area contributed by atoms with E-state index in [1.54, 1.807) is 0 Å². The Balaban J connectivity index is 1.87. The molecule has 3 heteroatoms. The fourth-order valence-electron chi connectivity index (χ4n) is 3.59. The van der Waals surface area contributed by atoms with Crippen molar-refractivity contribution in [1.29, 1.82) is 0 Å². The van der Waals surface area contributed by atoms with Gasteiger partial charge in [0.2, 0.25) is 0 Å². The lowest BCUT2D eigenvalue weighted by atomic mass is 9.87. The van der Waals surface area contributed by atoms with E-state index in [1.165, 1.54) is 30.4 Å². The Labute approximate surface area is 133 Å². The third-order valence-corrected chi connectivity index (χ3v) is 4.62. The third-order valence-electron chi connectivity index (χ3n) is 4.62. The smallest absolute Gasteiger partial charge is 0.161 e. The molecule has 0 amide bonds. The van der Waals surface area contributed by atoms with Gasteiger partial charge in [0, 0.05) is 6.04 Å². The van der Waals surface area contributed by atoms with Crippen LogP contribution in [0.4, 0.5) is 0 Å². The highest BCUT2D eigenvalue weighted by molar-refractivity contribution is 5.49. The van der Waals surface area contributed by atoms with E-state index in [9.17, 15) is 0 Å². The van der Waals surface area contributed by atoms with Crippen molar-refractivity contribution >= 4 is 0 Å². The Morgan fingerprint density at radius 1 is 1.14 bits per heavy atom. The second-order valence-electron chi connectivity index (χ2n) is 6.12. The molecule has 2 atom stereocenters. The molecule has 0 aromatic heterocycles. The molecule has 0 radical (unpaired) electrons. The van der Waals surface area contributed by atoms with Gasteiger partial charge in [-0.1, -0.05) is 12.2 Å². The Morgan fingerprint density at radius 2 is 1.91 bits per heavy atom. The first-order chi connectivity index (χ1) is 10.8. The van der Waals surface area contributed by atoms with E-state index in [0.717, 1.165) is 24.5 Å². The zero-order valence-electron chi connectivity index (χ0n) is 13.7. The van der Waals surface area contributed by atoms with Gasteiger partial charge < -0.3 is 14.8 Å². The normalized spacial score (nSPS) is 23.4. The maximum absolute atomic E-state index is 5.81. The van der Waals surface area contributed by atoms with Crippen molar-refractivity contribution in [2.24, 2.45) is 5.92 Å². The van der Waals surface area contributed by atoms with Crippen molar-refractivity contribution in [2.45, 2.75) is 45.6 Å². The largest absolute Gasteiger partial charge is 0.490 e. The van der Waals surface area contributed by atoms with Crippen LogP contribution in [-0.4, -0.2) is 19.8 Å². The highest BCUT2D eigenvalue weighted by Crippen LogP contribution is 2.38. The number of ether oxygens (including phenoxy) is 2. The number of benzene rings is 1. The quantitative estimate of drug-likeness (QED) is 0.805. The molecule has 0 bridgehead atoms. The fraction of sp³-hybridized carbons (Fsp3) is 0.579. The highest BCUT2D eigenvalue weighted by Gasteiger charge is 2.25. The number of hydrogen-bond acceptors (Lipinski definition) is 3. The van der Waals surface area contributed by atoms with Gasteiger partial charge in [0.1, 0.15) is 0 Å². The molecule has 1 aliphatic heterocycles. The van der Waals surface area contributed by atoms with E-state index < -0.39 is 0 Å². The van der Waals surface area contributed by atoms with Crippen LogP contribution in [0.1, 0.15) is 50.3 Å². The summed E-state index contributed by atoms with van der Waals surface area (Å²) in [5.74, 6) is 2.49.